The van der Waals surface area contributed by atoms with Gasteiger partial charge in [-0.25, -0.2) is 0 Å². The third-order valence-electron chi connectivity index (χ3n) is 4.08. The number of benzene rings is 1. The predicted octanol–water partition coefficient (Wildman–Crippen LogP) is 3.09. The van der Waals surface area contributed by atoms with Crippen LogP contribution in [0.5, 0.6) is 5.75 Å². The van der Waals surface area contributed by atoms with Crippen molar-refractivity contribution in [1.82, 2.24) is 5.43 Å². The van der Waals surface area contributed by atoms with Gasteiger partial charge in [-0.05, 0) is 42.9 Å². The number of ether oxygens (including phenoxy) is 1. The van der Waals surface area contributed by atoms with Gasteiger partial charge in [0, 0.05) is 6.04 Å². The molecule has 0 radical (unpaired) electrons. The van der Waals surface area contributed by atoms with Crippen molar-refractivity contribution in [3.63, 3.8) is 0 Å². The van der Waals surface area contributed by atoms with Crippen LogP contribution in [0.15, 0.2) is 18.2 Å². The predicted molar refractivity (Wildman–Crippen MR) is 74.4 cm³/mol. The highest BCUT2D eigenvalue weighted by molar-refractivity contribution is 5.37. The molecule has 0 aliphatic heterocycles. The summed E-state index contributed by atoms with van der Waals surface area (Å²) in [5.74, 6) is 7.38. The molecule has 3 nitrogen and oxygen atoms in total. The van der Waals surface area contributed by atoms with Crippen LogP contribution in [-0.4, -0.2) is 7.11 Å². The van der Waals surface area contributed by atoms with Crippen LogP contribution in [0.4, 0.5) is 0 Å². The van der Waals surface area contributed by atoms with E-state index in [9.17, 15) is 0 Å². The molecule has 3 N–H and O–H groups in total. The SMILES string of the molecule is COc1ccc(C(NN)C2CCCCC2)cc1C. The van der Waals surface area contributed by atoms with Crippen LogP contribution in [0.25, 0.3) is 0 Å². The average molecular weight is 248 g/mol. The van der Waals surface area contributed by atoms with Crippen molar-refractivity contribution in [3.8, 4) is 5.75 Å². The summed E-state index contributed by atoms with van der Waals surface area (Å²) < 4.78 is 5.31. The minimum Gasteiger partial charge on any atom is -0.496 e. The topological polar surface area (TPSA) is 47.3 Å². The molecule has 1 aliphatic rings. The molecule has 0 amide bonds. The van der Waals surface area contributed by atoms with Crippen molar-refractivity contribution in [3.05, 3.63) is 29.3 Å². The fourth-order valence-corrected chi connectivity index (χ4v) is 3.07. The molecule has 2 rings (SSSR count). The zero-order valence-corrected chi connectivity index (χ0v) is 11.4. The molecule has 0 aromatic heterocycles. The number of nitrogens with one attached hydrogen (secondary N) is 1. The average Bonchev–Trinajstić information content (AvgIpc) is 2.41. The van der Waals surface area contributed by atoms with E-state index in [1.165, 1.54) is 43.2 Å². The molecule has 18 heavy (non-hydrogen) atoms. The molecular formula is C15H24N2O. The van der Waals surface area contributed by atoms with Crippen LogP contribution >= 0.6 is 0 Å². The van der Waals surface area contributed by atoms with E-state index >= 15 is 0 Å². The lowest BCUT2D eigenvalue weighted by Crippen LogP contribution is -2.34. The van der Waals surface area contributed by atoms with Gasteiger partial charge in [-0.15, -0.1) is 0 Å². The molecule has 0 heterocycles. The van der Waals surface area contributed by atoms with Crippen molar-refractivity contribution in [2.24, 2.45) is 11.8 Å². The quantitative estimate of drug-likeness (QED) is 0.636. The second-order valence-corrected chi connectivity index (χ2v) is 5.27. The Morgan fingerprint density at radius 1 is 1.28 bits per heavy atom. The Hall–Kier alpha value is -1.06. The summed E-state index contributed by atoms with van der Waals surface area (Å²) >= 11 is 0. The van der Waals surface area contributed by atoms with Gasteiger partial charge in [0.1, 0.15) is 5.75 Å². The van der Waals surface area contributed by atoms with E-state index in [0.717, 1.165) is 5.75 Å². The summed E-state index contributed by atoms with van der Waals surface area (Å²) in [7, 11) is 1.71. The molecule has 1 fully saturated rings. The smallest absolute Gasteiger partial charge is 0.121 e. The van der Waals surface area contributed by atoms with E-state index in [1.807, 2.05) is 6.07 Å². The summed E-state index contributed by atoms with van der Waals surface area (Å²) in [5, 5.41) is 0. The van der Waals surface area contributed by atoms with E-state index < -0.39 is 0 Å². The van der Waals surface area contributed by atoms with Crippen molar-refractivity contribution in [2.75, 3.05) is 7.11 Å². The summed E-state index contributed by atoms with van der Waals surface area (Å²) in [4.78, 5) is 0. The molecule has 1 saturated carbocycles. The zero-order valence-electron chi connectivity index (χ0n) is 11.4. The fraction of sp³-hybridized carbons (Fsp3) is 0.600. The molecule has 0 saturated heterocycles. The maximum atomic E-state index is 5.78. The maximum absolute atomic E-state index is 5.78. The first-order chi connectivity index (χ1) is 8.76. The van der Waals surface area contributed by atoms with Crippen LogP contribution in [0, 0.1) is 12.8 Å². The van der Waals surface area contributed by atoms with Gasteiger partial charge in [-0.1, -0.05) is 31.4 Å². The van der Waals surface area contributed by atoms with Crippen LogP contribution in [-0.2, 0) is 0 Å². The monoisotopic (exact) mass is 248 g/mol. The molecule has 1 aromatic carbocycles. The van der Waals surface area contributed by atoms with Gasteiger partial charge in [0.25, 0.3) is 0 Å². The van der Waals surface area contributed by atoms with Crippen molar-refractivity contribution in [2.45, 2.75) is 45.1 Å². The van der Waals surface area contributed by atoms with Crippen molar-refractivity contribution in [1.29, 1.82) is 0 Å². The van der Waals surface area contributed by atoms with Crippen LogP contribution < -0.4 is 16.0 Å². The first kappa shape index (κ1) is 13.4. The van der Waals surface area contributed by atoms with Gasteiger partial charge in [0.05, 0.1) is 7.11 Å². The molecule has 1 unspecified atom stereocenters. The largest absolute Gasteiger partial charge is 0.496 e. The highest BCUT2D eigenvalue weighted by Gasteiger charge is 2.24. The fourth-order valence-electron chi connectivity index (χ4n) is 3.07. The number of hydrogen-bond acceptors (Lipinski definition) is 3. The highest BCUT2D eigenvalue weighted by atomic mass is 16.5. The maximum Gasteiger partial charge on any atom is 0.121 e. The van der Waals surface area contributed by atoms with Gasteiger partial charge in [0.2, 0.25) is 0 Å². The first-order valence-electron chi connectivity index (χ1n) is 6.87. The lowest BCUT2D eigenvalue weighted by atomic mass is 9.81. The number of hydrogen-bond donors (Lipinski definition) is 2. The minimum atomic E-state index is 0.273. The number of hydrazine groups is 1. The number of rotatable bonds is 4. The first-order valence-corrected chi connectivity index (χ1v) is 6.87. The Balaban J connectivity index is 2.18. The molecule has 0 spiro atoms. The van der Waals surface area contributed by atoms with Crippen molar-refractivity contribution >= 4 is 0 Å². The number of aryl methyl sites for hydroxylation is 1. The second-order valence-electron chi connectivity index (χ2n) is 5.27. The van der Waals surface area contributed by atoms with Crippen LogP contribution in [0.3, 0.4) is 0 Å². The summed E-state index contributed by atoms with van der Waals surface area (Å²) in [5.41, 5.74) is 5.46. The van der Waals surface area contributed by atoms with E-state index in [4.69, 9.17) is 10.6 Å². The summed E-state index contributed by atoms with van der Waals surface area (Å²) in [6.07, 6.45) is 6.59. The van der Waals surface area contributed by atoms with Gasteiger partial charge >= 0.3 is 0 Å². The Morgan fingerprint density at radius 3 is 2.56 bits per heavy atom. The summed E-state index contributed by atoms with van der Waals surface area (Å²) in [6.45, 7) is 2.08. The Bertz CT molecular complexity index is 386. The normalized spacial score (nSPS) is 18.6. The molecule has 1 aromatic rings. The minimum absolute atomic E-state index is 0.273. The highest BCUT2D eigenvalue weighted by Crippen LogP contribution is 2.35. The van der Waals surface area contributed by atoms with Crippen LogP contribution in [0.2, 0.25) is 0 Å². The molecule has 0 bridgehead atoms. The molecular weight excluding hydrogens is 224 g/mol. The Labute approximate surface area is 110 Å². The van der Waals surface area contributed by atoms with Gasteiger partial charge in [-0.3, -0.25) is 11.3 Å². The van der Waals surface area contributed by atoms with Gasteiger partial charge in [-0.2, -0.15) is 0 Å². The van der Waals surface area contributed by atoms with E-state index in [0.29, 0.717) is 5.92 Å². The standard InChI is InChI=1S/C15H24N2O/c1-11-10-13(8-9-14(11)18-2)15(17-16)12-6-4-3-5-7-12/h8-10,12,15,17H,3-7,16H2,1-2H3. The van der Waals surface area contributed by atoms with Gasteiger partial charge in [0.15, 0.2) is 0 Å². The Kier molecular flexibility index (Phi) is 4.61. The molecule has 3 heteroatoms. The third kappa shape index (κ3) is 2.85. The zero-order chi connectivity index (χ0) is 13.0. The Morgan fingerprint density at radius 2 is 2.00 bits per heavy atom. The van der Waals surface area contributed by atoms with E-state index in [-0.39, 0.29) is 6.04 Å². The van der Waals surface area contributed by atoms with E-state index in [2.05, 4.69) is 24.5 Å². The lowest BCUT2D eigenvalue weighted by molar-refractivity contribution is 0.273. The van der Waals surface area contributed by atoms with Crippen LogP contribution in [0.1, 0.15) is 49.3 Å². The lowest BCUT2D eigenvalue weighted by Gasteiger charge is -2.30. The van der Waals surface area contributed by atoms with E-state index in [1.54, 1.807) is 7.11 Å². The second kappa shape index (κ2) is 6.21. The molecule has 100 valence electrons. The molecule has 1 aliphatic carbocycles. The summed E-state index contributed by atoms with van der Waals surface area (Å²) in [6, 6.07) is 6.63. The number of methoxy groups -OCH3 is 1. The number of nitrogens with two attached hydrogens (primary N) is 1. The molecule has 1 atom stereocenters. The van der Waals surface area contributed by atoms with Gasteiger partial charge < -0.3 is 4.74 Å². The van der Waals surface area contributed by atoms with Crippen molar-refractivity contribution < 1.29 is 4.74 Å². The third-order valence-corrected chi connectivity index (χ3v) is 4.08.